The monoisotopic (exact) mass is 458 g/mol. The number of nitrogens with zero attached hydrogens (tertiary/aromatic N) is 3. The Labute approximate surface area is 198 Å². The third kappa shape index (κ3) is 5.00. The van der Waals surface area contributed by atoms with E-state index in [4.69, 9.17) is 9.84 Å². The van der Waals surface area contributed by atoms with Gasteiger partial charge >= 0.3 is 0 Å². The van der Waals surface area contributed by atoms with E-state index in [1.54, 1.807) is 24.1 Å². The van der Waals surface area contributed by atoms with Gasteiger partial charge in [0.25, 0.3) is 5.91 Å². The number of carbonyl (C=O) groups excluding carboxylic acids is 1. The highest BCUT2D eigenvalue weighted by atomic mass is 19.1. The van der Waals surface area contributed by atoms with E-state index in [9.17, 15) is 9.18 Å². The van der Waals surface area contributed by atoms with Gasteiger partial charge in [-0.15, -0.1) is 0 Å². The van der Waals surface area contributed by atoms with Gasteiger partial charge in [-0.2, -0.15) is 5.10 Å². The fraction of sp³-hybridized carbons (Fsp3) is 0.185. The first-order valence-corrected chi connectivity index (χ1v) is 11.0. The van der Waals surface area contributed by atoms with Gasteiger partial charge in [0.05, 0.1) is 24.4 Å². The molecule has 1 heterocycles. The highest BCUT2D eigenvalue weighted by Crippen LogP contribution is 2.32. The van der Waals surface area contributed by atoms with E-state index in [1.165, 1.54) is 12.1 Å². The molecule has 1 atom stereocenters. The molecule has 1 aromatic heterocycles. The molecule has 0 spiro atoms. The molecule has 1 unspecified atom stereocenters. The van der Waals surface area contributed by atoms with Crippen LogP contribution in [0, 0.1) is 5.82 Å². The average Bonchev–Trinajstić information content (AvgIpc) is 3.30. The van der Waals surface area contributed by atoms with Gasteiger partial charge in [0.1, 0.15) is 17.3 Å². The number of ether oxygens (including phenoxy) is 1. The maximum Gasteiger partial charge on any atom is 0.255 e. The summed E-state index contributed by atoms with van der Waals surface area (Å²) in [5, 5.41) is 7.74. The Morgan fingerprint density at radius 1 is 1.06 bits per heavy atom. The molecule has 174 valence electrons. The molecular formula is C27H27FN4O2. The van der Waals surface area contributed by atoms with Crippen molar-refractivity contribution in [3.05, 3.63) is 102 Å². The van der Waals surface area contributed by atoms with Crippen LogP contribution >= 0.6 is 0 Å². The summed E-state index contributed by atoms with van der Waals surface area (Å²) in [6, 6.07) is 23.3. The van der Waals surface area contributed by atoms with E-state index >= 15 is 0 Å². The fourth-order valence-corrected chi connectivity index (χ4v) is 3.89. The SMILES string of the molecule is COc1ccccc1-c1nn(-c2ccccc2)cc1C(=O)NCC(c1cccc(F)c1)N(C)C. The van der Waals surface area contributed by atoms with E-state index in [-0.39, 0.29) is 17.8 Å². The molecule has 0 aliphatic carbocycles. The molecule has 0 bridgehead atoms. The number of amides is 1. The van der Waals surface area contributed by atoms with E-state index < -0.39 is 0 Å². The number of hydrogen-bond donors (Lipinski definition) is 1. The molecule has 3 aromatic carbocycles. The van der Waals surface area contributed by atoms with Crippen LogP contribution in [0.5, 0.6) is 5.75 Å². The topological polar surface area (TPSA) is 59.4 Å². The highest BCUT2D eigenvalue weighted by molar-refractivity contribution is 6.00. The summed E-state index contributed by atoms with van der Waals surface area (Å²) in [4.78, 5) is 15.4. The summed E-state index contributed by atoms with van der Waals surface area (Å²) in [6.45, 7) is 0.303. The summed E-state index contributed by atoms with van der Waals surface area (Å²) in [5.74, 6) is 0.0467. The van der Waals surface area contributed by atoms with Crippen molar-refractivity contribution in [2.75, 3.05) is 27.7 Å². The lowest BCUT2D eigenvalue weighted by Gasteiger charge is -2.25. The largest absolute Gasteiger partial charge is 0.496 e. The predicted octanol–water partition coefficient (Wildman–Crippen LogP) is 4.72. The zero-order valence-electron chi connectivity index (χ0n) is 19.4. The van der Waals surface area contributed by atoms with Crippen molar-refractivity contribution in [1.29, 1.82) is 0 Å². The molecule has 4 aromatic rings. The van der Waals surface area contributed by atoms with Gasteiger partial charge in [-0.3, -0.25) is 4.79 Å². The molecular weight excluding hydrogens is 431 g/mol. The van der Waals surface area contributed by atoms with E-state index in [2.05, 4.69) is 5.32 Å². The number of methoxy groups -OCH3 is 1. The van der Waals surface area contributed by atoms with Gasteiger partial charge in [0, 0.05) is 18.3 Å². The van der Waals surface area contributed by atoms with Gasteiger partial charge in [0.15, 0.2) is 0 Å². The molecule has 0 aliphatic heterocycles. The molecule has 6 nitrogen and oxygen atoms in total. The van der Waals surface area contributed by atoms with E-state index in [0.717, 1.165) is 16.8 Å². The summed E-state index contributed by atoms with van der Waals surface area (Å²) in [7, 11) is 5.39. The second kappa shape index (κ2) is 10.3. The maximum atomic E-state index is 13.8. The first-order chi connectivity index (χ1) is 16.5. The van der Waals surface area contributed by atoms with E-state index in [1.807, 2.05) is 79.7 Å². The fourth-order valence-electron chi connectivity index (χ4n) is 3.89. The number of para-hydroxylation sites is 2. The highest BCUT2D eigenvalue weighted by Gasteiger charge is 2.23. The quantitative estimate of drug-likeness (QED) is 0.415. The van der Waals surface area contributed by atoms with Gasteiger partial charge in [-0.1, -0.05) is 42.5 Å². The van der Waals surface area contributed by atoms with Crippen LogP contribution in [0.25, 0.3) is 16.9 Å². The Morgan fingerprint density at radius 3 is 2.50 bits per heavy atom. The molecule has 0 saturated carbocycles. The summed E-state index contributed by atoms with van der Waals surface area (Å²) >= 11 is 0. The molecule has 0 fully saturated rings. The smallest absolute Gasteiger partial charge is 0.255 e. The van der Waals surface area contributed by atoms with Crippen LogP contribution in [-0.2, 0) is 0 Å². The van der Waals surface area contributed by atoms with Crippen LogP contribution < -0.4 is 10.1 Å². The van der Waals surface area contributed by atoms with Crippen molar-refractivity contribution >= 4 is 5.91 Å². The number of carbonyl (C=O) groups is 1. The summed E-state index contributed by atoms with van der Waals surface area (Å²) in [6.07, 6.45) is 1.72. The van der Waals surface area contributed by atoms with Crippen molar-refractivity contribution in [2.24, 2.45) is 0 Å². The molecule has 7 heteroatoms. The second-order valence-electron chi connectivity index (χ2n) is 8.12. The Bertz CT molecular complexity index is 1270. The minimum Gasteiger partial charge on any atom is -0.496 e. The molecule has 1 N–H and O–H groups in total. The minimum atomic E-state index is -0.307. The number of likely N-dealkylation sites (N-methyl/N-ethyl adjacent to an activating group) is 1. The van der Waals surface area contributed by atoms with E-state index in [0.29, 0.717) is 23.6 Å². The first kappa shape index (κ1) is 23.2. The summed E-state index contributed by atoms with van der Waals surface area (Å²) < 4.78 is 21.0. The Hall–Kier alpha value is -3.97. The van der Waals surface area contributed by atoms with Crippen molar-refractivity contribution in [2.45, 2.75) is 6.04 Å². The molecule has 1 amide bonds. The lowest BCUT2D eigenvalue weighted by Crippen LogP contribution is -2.34. The number of nitrogens with one attached hydrogen (secondary N) is 1. The van der Waals surface area contributed by atoms with Crippen LogP contribution in [0.4, 0.5) is 4.39 Å². The third-order valence-electron chi connectivity index (χ3n) is 5.65. The Morgan fingerprint density at radius 2 is 1.79 bits per heavy atom. The minimum absolute atomic E-state index is 0.196. The predicted molar refractivity (Wildman–Crippen MR) is 131 cm³/mol. The van der Waals surface area contributed by atoms with Crippen LogP contribution in [0.1, 0.15) is 22.0 Å². The van der Waals surface area contributed by atoms with Crippen molar-refractivity contribution in [1.82, 2.24) is 20.0 Å². The number of halogens is 1. The zero-order chi connectivity index (χ0) is 24.1. The first-order valence-electron chi connectivity index (χ1n) is 11.0. The van der Waals surface area contributed by atoms with Gasteiger partial charge in [0.2, 0.25) is 0 Å². The lowest BCUT2D eigenvalue weighted by molar-refractivity contribution is 0.0942. The third-order valence-corrected chi connectivity index (χ3v) is 5.65. The number of benzene rings is 3. The standard InChI is InChI=1S/C27H27FN4O2/c1-31(2)24(19-10-9-11-20(28)16-19)17-29-27(33)23-18-32(21-12-5-4-6-13-21)30-26(23)22-14-7-8-15-25(22)34-3/h4-16,18,24H,17H2,1-3H3,(H,29,33). The lowest BCUT2D eigenvalue weighted by atomic mass is 10.0. The Balaban J connectivity index is 1.68. The normalized spacial score (nSPS) is 11.9. The zero-order valence-corrected chi connectivity index (χ0v) is 19.4. The number of hydrogen-bond acceptors (Lipinski definition) is 4. The van der Waals surface area contributed by atoms with Crippen LogP contribution in [0.3, 0.4) is 0 Å². The second-order valence-corrected chi connectivity index (χ2v) is 8.12. The Kier molecular flexibility index (Phi) is 7.04. The molecule has 34 heavy (non-hydrogen) atoms. The van der Waals surface area contributed by atoms with Gasteiger partial charge in [-0.25, -0.2) is 9.07 Å². The number of aromatic nitrogens is 2. The number of rotatable bonds is 8. The summed E-state index contributed by atoms with van der Waals surface area (Å²) in [5.41, 5.74) is 3.29. The maximum absolute atomic E-state index is 13.8. The molecule has 0 radical (unpaired) electrons. The molecule has 4 rings (SSSR count). The van der Waals surface area contributed by atoms with Gasteiger partial charge < -0.3 is 15.0 Å². The van der Waals surface area contributed by atoms with Crippen LogP contribution in [0.15, 0.2) is 85.1 Å². The van der Waals surface area contributed by atoms with Gasteiger partial charge in [-0.05, 0) is 56.1 Å². The van der Waals surface area contributed by atoms with Crippen molar-refractivity contribution < 1.29 is 13.9 Å². The van der Waals surface area contributed by atoms with Crippen molar-refractivity contribution in [3.8, 4) is 22.7 Å². The van der Waals surface area contributed by atoms with Crippen LogP contribution in [0.2, 0.25) is 0 Å². The molecule has 0 aliphatic rings. The van der Waals surface area contributed by atoms with Crippen LogP contribution in [-0.4, -0.2) is 48.3 Å². The molecule has 0 saturated heterocycles. The average molecular weight is 459 g/mol. The van der Waals surface area contributed by atoms with Crippen molar-refractivity contribution in [3.63, 3.8) is 0 Å².